The molecule has 0 aromatic rings. The van der Waals surface area contributed by atoms with E-state index < -0.39 is 6.10 Å². The third-order valence-electron chi connectivity index (χ3n) is 16.0. The van der Waals surface area contributed by atoms with E-state index in [1.54, 1.807) is 0 Å². The molecule has 77 heavy (non-hydrogen) atoms. The third kappa shape index (κ3) is 64.6. The highest BCUT2D eigenvalue weighted by molar-refractivity contribution is 5.71. The van der Waals surface area contributed by atoms with Gasteiger partial charge in [-0.25, -0.2) is 0 Å². The number of carbonyl (C=O) groups is 3. The standard InChI is InChI=1S/C71H134O6/c1-4-7-10-13-16-19-22-25-28-30-32-34-35-36-37-38-40-41-43-46-49-52-55-58-61-64-70(73)76-67-68(66-75-69(72)63-60-57-54-51-48-45-27-24-21-18-15-12-9-6-3)77-71(74)65-62-59-56-53-50-47-44-42-39-33-31-29-26-23-20-17-14-11-8-5-2/h15,18,24,27,68H,4-14,16-17,19-23,25-26,28-67H2,1-3H3/b18-15-,27-24-. The molecule has 0 amide bonds. The maximum Gasteiger partial charge on any atom is 0.306 e. The molecule has 0 N–H and O–H groups in total. The first-order valence-electron chi connectivity index (χ1n) is 34.8. The number of carbonyl (C=O) groups excluding carboxylic acids is 3. The van der Waals surface area contributed by atoms with Crippen LogP contribution in [0.2, 0.25) is 0 Å². The second-order valence-electron chi connectivity index (χ2n) is 23.8. The molecular weight excluding hydrogens is 949 g/mol. The molecule has 0 spiro atoms. The Labute approximate surface area is 481 Å². The van der Waals surface area contributed by atoms with Crippen molar-refractivity contribution in [1.82, 2.24) is 0 Å². The van der Waals surface area contributed by atoms with Crippen molar-refractivity contribution in [3.8, 4) is 0 Å². The van der Waals surface area contributed by atoms with Crippen LogP contribution in [0.3, 0.4) is 0 Å². The van der Waals surface area contributed by atoms with Crippen molar-refractivity contribution in [2.75, 3.05) is 13.2 Å². The molecule has 454 valence electrons. The molecular formula is C71H134O6. The molecule has 0 heterocycles. The maximum atomic E-state index is 12.9. The second-order valence-corrected chi connectivity index (χ2v) is 23.8. The zero-order valence-electron chi connectivity index (χ0n) is 52.3. The van der Waals surface area contributed by atoms with E-state index in [2.05, 4.69) is 45.1 Å². The molecule has 0 aromatic heterocycles. The third-order valence-corrected chi connectivity index (χ3v) is 16.0. The normalized spacial score (nSPS) is 12.1. The average molecular weight is 1080 g/mol. The fourth-order valence-electron chi connectivity index (χ4n) is 10.7. The summed E-state index contributed by atoms with van der Waals surface area (Å²) in [5.74, 6) is -0.852. The molecule has 0 saturated heterocycles. The molecule has 0 aromatic carbocycles. The zero-order valence-corrected chi connectivity index (χ0v) is 52.3. The summed E-state index contributed by atoms with van der Waals surface area (Å²) in [6.45, 7) is 6.67. The average Bonchev–Trinajstić information content (AvgIpc) is 3.43. The molecule has 0 aliphatic carbocycles. The number of ether oxygens (including phenoxy) is 3. The number of hydrogen-bond donors (Lipinski definition) is 0. The molecule has 6 nitrogen and oxygen atoms in total. The van der Waals surface area contributed by atoms with Gasteiger partial charge in [-0.3, -0.25) is 14.4 Å². The van der Waals surface area contributed by atoms with Gasteiger partial charge >= 0.3 is 17.9 Å². The SMILES string of the molecule is CCCC/C=C\C/C=C\CCCCCCCC(=O)OCC(COC(=O)CCCCCCCCCCCCCCCCCCCCCCCCCCC)OC(=O)CCCCCCCCCCCCCCCCCCCCCC. The van der Waals surface area contributed by atoms with E-state index in [-0.39, 0.29) is 31.1 Å². The molecule has 6 heteroatoms. The number of hydrogen-bond acceptors (Lipinski definition) is 6. The molecule has 0 fully saturated rings. The van der Waals surface area contributed by atoms with Crippen LogP contribution in [-0.4, -0.2) is 37.2 Å². The van der Waals surface area contributed by atoms with Gasteiger partial charge in [0.2, 0.25) is 0 Å². The monoisotopic (exact) mass is 1080 g/mol. The van der Waals surface area contributed by atoms with Crippen LogP contribution >= 0.6 is 0 Å². The summed E-state index contributed by atoms with van der Waals surface area (Å²) in [6.07, 6.45) is 80.6. The summed E-state index contributed by atoms with van der Waals surface area (Å²) in [4.78, 5) is 38.4. The van der Waals surface area contributed by atoms with Gasteiger partial charge in [-0.15, -0.1) is 0 Å². The van der Waals surface area contributed by atoms with Crippen LogP contribution in [0.15, 0.2) is 24.3 Å². The zero-order chi connectivity index (χ0) is 55.7. The second kappa shape index (κ2) is 66.4. The molecule has 1 atom stereocenters. The van der Waals surface area contributed by atoms with Gasteiger partial charge in [0.1, 0.15) is 13.2 Å². The van der Waals surface area contributed by atoms with Crippen LogP contribution in [0.1, 0.15) is 393 Å². The Morgan fingerprint density at radius 3 is 0.753 bits per heavy atom. The minimum atomic E-state index is -0.774. The van der Waals surface area contributed by atoms with Gasteiger partial charge < -0.3 is 14.2 Å². The first-order valence-corrected chi connectivity index (χ1v) is 34.8. The molecule has 0 rings (SSSR count). The molecule has 0 bridgehead atoms. The highest BCUT2D eigenvalue weighted by Crippen LogP contribution is 2.19. The van der Waals surface area contributed by atoms with Gasteiger partial charge in [-0.2, -0.15) is 0 Å². The lowest BCUT2D eigenvalue weighted by Crippen LogP contribution is -2.30. The summed E-state index contributed by atoms with van der Waals surface area (Å²) in [5.41, 5.74) is 0. The first kappa shape index (κ1) is 74.9. The van der Waals surface area contributed by atoms with Gasteiger partial charge in [0, 0.05) is 19.3 Å². The Kier molecular flexibility index (Phi) is 64.6. The fourth-order valence-corrected chi connectivity index (χ4v) is 10.7. The van der Waals surface area contributed by atoms with E-state index in [4.69, 9.17) is 14.2 Å². The number of allylic oxidation sites excluding steroid dienone is 4. The lowest BCUT2D eigenvalue weighted by Gasteiger charge is -2.18. The van der Waals surface area contributed by atoms with Crippen LogP contribution in [-0.2, 0) is 28.6 Å². The molecule has 0 saturated carbocycles. The molecule has 0 aliphatic rings. The van der Waals surface area contributed by atoms with Crippen molar-refractivity contribution < 1.29 is 28.6 Å². The number of unbranched alkanes of at least 4 members (excludes halogenated alkanes) is 50. The Hall–Kier alpha value is -2.11. The summed E-state index contributed by atoms with van der Waals surface area (Å²) in [6, 6.07) is 0. The van der Waals surface area contributed by atoms with Crippen molar-refractivity contribution in [2.45, 2.75) is 399 Å². The van der Waals surface area contributed by atoms with Gasteiger partial charge in [0.05, 0.1) is 0 Å². The van der Waals surface area contributed by atoms with Crippen LogP contribution in [0.5, 0.6) is 0 Å². The number of rotatable bonds is 65. The van der Waals surface area contributed by atoms with Gasteiger partial charge in [0.25, 0.3) is 0 Å². The highest BCUT2D eigenvalue weighted by Gasteiger charge is 2.19. The number of esters is 3. The smallest absolute Gasteiger partial charge is 0.306 e. The van der Waals surface area contributed by atoms with Crippen LogP contribution in [0, 0.1) is 0 Å². The summed E-state index contributed by atoms with van der Waals surface area (Å²) in [5, 5.41) is 0. The van der Waals surface area contributed by atoms with Crippen molar-refractivity contribution >= 4 is 17.9 Å². The largest absolute Gasteiger partial charge is 0.462 e. The Balaban J connectivity index is 4.23. The maximum absolute atomic E-state index is 12.9. The van der Waals surface area contributed by atoms with Crippen molar-refractivity contribution in [1.29, 1.82) is 0 Å². The van der Waals surface area contributed by atoms with Gasteiger partial charge in [-0.05, 0) is 44.9 Å². The Bertz CT molecular complexity index is 1240. The fraction of sp³-hybridized carbons (Fsp3) is 0.901. The Morgan fingerprint density at radius 1 is 0.260 bits per heavy atom. The Morgan fingerprint density at radius 2 is 0.481 bits per heavy atom. The summed E-state index contributed by atoms with van der Waals surface area (Å²) in [7, 11) is 0. The van der Waals surface area contributed by atoms with Crippen LogP contribution in [0.25, 0.3) is 0 Å². The molecule has 0 radical (unpaired) electrons. The van der Waals surface area contributed by atoms with E-state index >= 15 is 0 Å². The van der Waals surface area contributed by atoms with E-state index in [1.165, 1.54) is 276 Å². The van der Waals surface area contributed by atoms with Crippen molar-refractivity contribution in [3.05, 3.63) is 24.3 Å². The lowest BCUT2D eigenvalue weighted by atomic mass is 10.0. The molecule has 0 aliphatic heterocycles. The quantitative estimate of drug-likeness (QED) is 0.0261. The van der Waals surface area contributed by atoms with Crippen LogP contribution < -0.4 is 0 Å². The van der Waals surface area contributed by atoms with Crippen molar-refractivity contribution in [3.63, 3.8) is 0 Å². The topological polar surface area (TPSA) is 78.9 Å². The predicted molar refractivity (Wildman–Crippen MR) is 335 cm³/mol. The summed E-state index contributed by atoms with van der Waals surface area (Å²) >= 11 is 0. The first-order chi connectivity index (χ1) is 38.0. The minimum Gasteiger partial charge on any atom is -0.462 e. The molecule has 1 unspecified atom stereocenters. The minimum absolute atomic E-state index is 0.0693. The highest BCUT2D eigenvalue weighted by atomic mass is 16.6. The van der Waals surface area contributed by atoms with E-state index in [0.717, 1.165) is 77.0 Å². The predicted octanol–water partition coefficient (Wildman–Crippen LogP) is 23.8. The van der Waals surface area contributed by atoms with Crippen LogP contribution in [0.4, 0.5) is 0 Å². The van der Waals surface area contributed by atoms with E-state index in [9.17, 15) is 14.4 Å². The van der Waals surface area contributed by atoms with Crippen molar-refractivity contribution in [2.24, 2.45) is 0 Å². The lowest BCUT2D eigenvalue weighted by molar-refractivity contribution is -0.167. The summed E-state index contributed by atoms with van der Waals surface area (Å²) < 4.78 is 17.0. The van der Waals surface area contributed by atoms with Gasteiger partial charge in [0.15, 0.2) is 6.10 Å². The van der Waals surface area contributed by atoms with Gasteiger partial charge in [-0.1, -0.05) is 353 Å². The van der Waals surface area contributed by atoms with E-state index in [0.29, 0.717) is 19.3 Å². The van der Waals surface area contributed by atoms with E-state index in [1.807, 2.05) is 0 Å².